The molecule has 0 spiro atoms. The first-order valence-corrected chi connectivity index (χ1v) is 14.2. The van der Waals surface area contributed by atoms with Crippen molar-refractivity contribution in [2.75, 3.05) is 51.0 Å². The highest BCUT2D eigenvalue weighted by molar-refractivity contribution is 7.99. The lowest BCUT2D eigenvalue weighted by Crippen LogP contribution is -2.54. The molecule has 0 rings (SSSR count). The number of hydrogen-bond acceptors (Lipinski definition) is 12. The molecule has 0 fully saturated rings. The summed E-state index contributed by atoms with van der Waals surface area (Å²) in [7, 11) is 0. The molecule has 0 radical (unpaired) electrons. The number of aliphatic hydroxyl groups excluding tert-OH is 1. The van der Waals surface area contributed by atoms with Crippen molar-refractivity contribution in [3.05, 3.63) is 0 Å². The molecule has 15 nitrogen and oxygen atoms in total. The summed E-state index contributed by atoms with van der Waals surface area (Å²) in [5.41, 5.74) is 10.9. The second-order valence-electron chi connectivity index (χ2n) is 8.47. The molecule has 0 aliphatic heterocycles. The van der Waals surface area contributed by atoms with Crippen LogP contribution in [0.15, 0.2) is 0 Å². The van der Waals surface area contributed by atoms with Crippen molar-refractivity contribution < 1.29 is 48.1 Å². The maximum Gasteiger partial charge on any atom is 0.305 e. The van der Waals surface area contributed by atoms with E-state index in [4.69, 9.17) is 25.7 Å². The van der Waals surface area contributed by atoms with E-state index in [0.29, 0.717) is 18.6 Å². The standard InChI is InChI=1S/C24H43N5O10S/c1-3-21(33)38-9-5-6-16(39-22(34)4-2)14-40-15-17(25)23(35)29-18(13-30)24(36)27-8-11-37-10-7-20(32)28-12-19(26)31/h16-18,30H,3-15,25H2,1-2H3,(H2,26,31)(H,27,36)(H,28,32)(H,29,35). The molecule has 0 aliphatic rings. The topological polar surface area (TPSA) is 238 Å². The quantitative estimate of drug-likeness (QED) is 0.0542. The molecule has 3 atom stereocenters. The van der Waals surface area contributed by atoms with Crippen molar-refractivity contribution >= 4 is 47.3 Å². The van der Waals surface area contributed by atoms with Gasteiger partial charge in [-0.25, -0.2) is 0 Å². The maximum absolute atomic E-state index is 12.4. The molecule has 0 saturated carbocycles. The van der Waals surface area contributed by atoms with Crippen LogP contribution < -0.4 is 27.4 Å². The molecule has 0 aromatic rings. The normalized spacial score (nSPS) is 12.9. The number of hydrogen-bond donors (Lipinski definition) is 6. The average molecular weight is 594 g/mol. The monoisotopic (exact) mass is 593 g/mol. The summed E-state index contributed by atoms with van der Waals surface area (Å²) in [4.78, 5) is 69.7. The number of amides is 4. The molecule has 0 aliphatic carbocycles. The van der Waals surface area contributed by atoms with E-state index in [1.54, 1.807) is 13.8 Å². The van der Waals surface area contributed by atoms with E-state index >= 15 is 0 Å². The summed E-state index contributed by atoms with van der Waals surface area (Å²) in [6, 6.07) is -2.23. The van der Waals surface area contributed by atoms with Gasteiger partial charge in [-0.05, 0) is 12.8 Å². The summed E-state index contributed by atoms with van der Waals surface area (Å²) >= 11 is 1.29. The van der Waals surface area contributed by atoms with E-state index < -0.39 is 48.4 Å². The number of esters is 2. The van der Waals surface area contributed by atoms with E-state index in [1.807, 2.05) is 0 Å². The third-order valence-electron chi connectivity index (χ3n) is 5.04. The predicted molar refractivity (Wildman–Crippen MR) is 146 cm³/mol. The van der Waals surface area contributed by atoms with Crippen LogP contribution in [0.1, 0.15) is 46.0 Å². The van der Waals surface area contributed by atoms with Gasteiger partial charge < -0.3 is 46.7 Å². The molecule has 0 saturated heterocycles. The first-order chi connectivity index (χ1) is 19.0. The number of carbonyl (C=O) groups is 6. The van der Waals surface area contributed by atoms with Crippen molar-refractivity contribution in [1.29, 1.82) is 0 Å². The molecule has 16 heteroatoms. The molecule has 0 aromatic carbocycles. The summed E-state index contributed by atoms with van der Waals surface area (Å²) in [6.45, 7) is 2.85. The minimum atomic E-state index is -1.23. The summed E-state index contributed by atoms with van der Waals surface area (Å²) in [5, 5.41) is 16.7. The number of nitrogens with one attached hydrogen (secondary N) is 3. The van der Waals surface area contributed by atoms with Gasteiger partial charge in [0.25, 0.3) is 0 Å². The second-order valence-corrected chi connectivity index (χ2v) is 9.54. The largest absolute Gasteiger partial charge is 0.466 e. The minimum Gasteiger partial charge on any atom is -0.466 e. The summed E-state index contributed by atoms with van der Waals surface area (Å²) in [6.07, 6.45) is 1.01. The van der Waals surface area contributed by atoms with Gasteiger partial charge in [-0.3, -0.25) is 28.8 Å². The van der Waals surface area contributed by atoms with Crippen molar-refractivity contribution in [1.82, 2.24) is 16.0 Å². The first-order valence-electron chi connectivity index (χ1n) is 13.0. The van der Waals surface area contributed by atoms with Crippen molar-refractivity contribution in [2.24, 2.45) is 11.5 Å². The fourth-order valence-corrected chi connectivity index (χ4v) is 3.87. The lowest BCUT2D eigenvalue weighted by Gasteiger charge is -2.20. The first kappa shape index (κ1) is 37.0. The van der Waals surface area contributed by atoms with Crippen molar-refractivity contribution in [3.63, 3.8) is 0 Å². The number of aliphatic hydroxyl groups is 1. The van der Waals surface area contributed by atoms with E-state index in [0.717, 1.165) is 0 Å². The Morgan fingerprint density at radius 1 is 0.925 bits per heavy atom. The van der Waals surface area contributed by atoms with Crippen LogP contribution in [0.4, 0.5) is 0 Å². The lowest BCUT2D eigenvalue weighted by molar-refractivity contribution is -0.149. The van der Waals surface area contributed by atoms with Gasteiger partial charge in [0.15, 0.2) is 0 Å². The van der Waals surface area contributed by atoms with E-state index in [9.17, 15) is 33.9 Å². The van der Waals surface area contributed by atoms with Gasteiger partial charge in [0.05, 0.1) is 39.0 Å². The van der Waals surface area contributed by atoms with Crippen LogP contribution in [-0.2, 0) is 43.0 Å². The van der Waals surface area contributed by atoms with Crippen LogP contribution in [0.3, 0.4) is 0 Å². The molecular formula is C24H43N5O10S. The zero-order valence-corrected chi connectivity index (χ0v) is 23.9. The minimum absolute atomic E-state index is 0.00259. The fourth-order valence-electron chi connectivity index (χ4n) is 2.83. The smallest absolute Gasteiger partial charge is 0.305 e. The third kappa shape index (κ3) is 19.2. The Bertz CT molecular complexity index is 817. The fraction of sp³-hybridized carbons (Fsp3) is 0.750. The number of ether oxygens (including phenoxy) is 3. The predicted octanol–water partition coefficient (Wildman–Crippen LogP) is -2.30. The lowest BCUT2D eigenvalue weighted by atomic mass is 10.2. The molecular weight excluding hydrogens is 550 g/mol. The van der Waals surface area contributed by atoms with E-state index in [2.05, 4.69) is 16.0 Å². The van der Waals surface area contributed by atoms with Crippen molar-refractivity contribution in [2.45, 2.75) is 64.1 Å². The summed E-state index contributed by atoms with van der Waals surface area (Å²) in [5.74, 6) is -2.51. The number of nitrogens with two attached hydrogens (primary N) is 2. The molecule has 8 N–H and O–H groups in total. The van der Waals surface area contributed by atoms with Crippen LogP contribution in [0, 0.1) is 0 Å². The van der Waals surface area contributed by atoms with Crippen LogP contribution in [0.25, 0.3) is 0 Å². The van der Waals surface area contributed by atoms with Gasteiger partial charge in [0.1, 0.15) is 12.1 Å². The highest BCUT2D eigenvalue weighted by atomic mass is 32.2. The highest BCUT2D eigenvalue weighted by Gasteiger charge is 2.23. The third-order valence-corrected chi connectivity index (χ3v) is 6.24. The molecule has 230 valence electrons. The van der Waals surface area contributed by atoms with Gasteiger partial charge in [-0.15, -0.1) is 0 Å². The van der Waals surface area contributed by atoms with Gasteiger partial charge in [0.2, 0.25) is 23.6 Å². The number of thioether (sulfide) groups is 1. The van der Waals surface area contributed by atoms with Gasteiger partial charge >= 0.3 is 11.9 Å². The van der Waals surface area contributed by atoms with Crippen molar-refractivity contribution in [3.8, 4) is 0 Å². The molecule has 0 aromatic heterocycles. The molecule has 40 heavy (non-hydrogen) atoms. The van der Waals surface area contributed by atoms with Crippen LogP contribution in [0.5, 0.6) is 0 Å². The van der Waals surface area contributed by atoms with Crippen LogP contribution in [-0.4, -0.2) is 110 Å². The average Bonchev–Trinajstić information content (AvgIpc) is 2.93. The Morgan fingerprint density at radius 2 is 1.62 bits per heavy atom. The zero-order valence-electron chi connectivity index (χ0n) is 23.1. The molecule has 0 bridgehead atoms. The SMILES string of the molecule is CCC(=O)OCCCC(CSCC(N)C(=O)NC(CO)C(=O)NCCOCCC(=O)NCC(N)=O)OC(=O)CC. The van der Waals surface area contributed by atoms with Crippen LogP contribution >= 0.6 is 11.8 Å². The van der Waals surface area contributed by atoms with Gasteiger partial charge in [0, 0.05) is 37.3 Å². The Morgan fingerprint density at radius 3 is 2.25 bits per heavy atom. The Balaban J connectivity index is 4.37. The zero-order chi connectivity index (χ0) is 30.3. The maximum atomic E-state index is 12.4. The number of primary amides is 1. The molecule has 0 heterocycles. The highest BCUT2D eigenvalue weighted by Crippen LogP contribution is 2.13. The Kier molecular flexibility index (Phi) is 21.1. The Hall–Kier alpha value is -2.95. The Labute approximate surface area is 238 Å². The number of rotatable bonds is 23. The molecule has 3 unspecified atom stereocenters. The van der Waals surface area contributed by atoms with Gasteiger partial charge in [-0.1, -0.05) is 13.8 Å². The van der Waals surface area contributed by atoms with E-state index in [-0.39, 0.29) is 69.9 Å². The van der Waals surface area contributed by atoms with Crippen LogP contribution in [0.2, 0.25) is 0 Å². The number of carbonyl (C=O) groups excluding carboxylic acids is 6. The summed E-state index contributed by atoms with van der Waals surface area (Å²) < 4.78 is 15.7. The molecule has 4 amide bonds. The van der Waals surface area contributed by atoms with E-state index in [1.165, 1.54) is 11.8 Å². The van der Waals surface area contributed by atoms with Gasteiger partial charge in [-0.2, -0.15) is 11.8 Å². The second kappa shape index (κ2) is 22.8.